The molecular weight excluding hydrogens is 506 g/mol. The predicted octanol–water partition coefficient (Wildman–Crippen LogP) is 8.05. The Labute approximate surface area is 224 Å². The first kappa shape index (κ1) is 24.7. The van der Waals surface area contributed by atoms with E-state index in [1.54, 1.807) is 24.3 Å². The van der Waals surface area contributed by atoms with Crippen LogP contribution in [0.15, 0.2) is 87.7 Å². The first-order valence-corrected chi connectivity index (χ1v) is 12.7. The Bertz CT molecular complexity index is 1570. The minimum atomic E-state index is -0.447. The number of nitrogens with one attached hydrogen (secondary N) is 2. The van der Waals surface area contributed by atoms with E-state index in [-0.39, 0.29) is 10.9 Å². The SMILES string of the molecule is CC[C@H](C)c1ccc2oc(-c3ccc(NC(=S)NC(=O)c4ccc(-c5ccc(Cl)cc5)o4)cc3)nc2c1. The number of thiocarbonyl (C=S) groups is 1. The fourth-order valence-corrected chi connectivity index (χ4v) is 4.20. The second-order valence-corrected chi connectivity index (χ2v) is 9.56. The first-order valence-electron chi connectivity index (χ1n) is 11.9. The highest BCUT2D eigenvalue weighted by molar-refractivity contribution is 7.80. The molecule has 0 spiro atoms. The van der Waals surface area contributed by atoms with Gasteiger partial charge in [0, 0.05) is 21.8 Å². The van der Waals surface area contributed by atoms with E-state index < -0.39 is 5.91 Å². The molecule has 37 heavy (non-hydrogen) atoms. The van der Waals surface area contributed by atoms with Gasteiger partial charge in [-0.15, -0.1) is 0 Å². The molecular formula is C29H24ClN3O3S. The molecule has 0 saturated heterocycles. The van der Waals surface area contributed by atoms with Crippen LogP contribution in [0, 0.1) is 0 Å². The van der Waals surface area contributed by atoms with Gasteiger partial charge in [0.05, 0.1) is 0 Å². The maximum absolute atomic E-state index is 12.6. The molecule has 5 rings (SSSR count). The topological polar surface area (TPSA) is 80.3 Å². The van der Waals surface area contributed by atoms with Crippen LogP contribution < -0.4 is 10.6 Å². The number of amides is 1. The summed E-state index contributed by atoms with van der Waals surface area (Å²) in [6, 6.07) is 24.1. The number of nitrogens with zero attached hydrogens (tertiary/aromatic N) is 1. The van der Waals surface area contributed by atoms with Crippen LogP contribution in [0.3, 0.4) is 0 Å². The Morgan fingerprint density at radius 3 is 2.43 bits per heavy atom. The number of anilines is 1. The van der Waals surface area contributed by atoms with Crippen LogP contribution >= 0.6 is 23.8 Å². The lowest BCUT2D eigenvalue weighted by Gasteiger charge is -2.09. The summed E-state index contributed by atoms with van der Waals surface area (Å²) in [5.74, 6) is 1.28. The number of furan rings is 1. The number of fused-ring (bicyclic) bond motifs is 1. The Kier molecular flexibility index (Phi) is 7.08. The maximum Gasteiger partial charge on any atom is 0.293 e. The fourth-order valence-electron chi connectivity index (χ4n) is 3.86. The lowest BCUT2D eigenvalue weighted by atomic mass is 9.98. The highest BCUT2D eigenvalue weighted by Gasteiger charge is 2.15. The molecule has 5 aromatic rings. The molecule has 1 atom stereocenters. The second-order valence-electron chi connectivity index (χ2n) is 8.71. The standard InChI is InChI=1S/C29H24ClN3O3S/c1-3-17(2)20-8-13-25-23(16-20)32-28(36-25)19-6-11-22(12-7-19)31-29(37)33-27(34)26-15-14-24(35-26)18-4-9-21(30)10-5-18/h4-17H,3H2,1-2H3,(H2,31,33,34,37)/t17-/m0/s1. The van der Waals surface area contributed by atoms with Crippen LogP contribution in [0.25, 0.3) is 33.9 Å². The molecule has 0 aliphatic heterocycles. The van der Waals surface area contributed by atoms with Gasteiger partial charge >= 0.3 is 0 Å². The van der Waals surface area contributed by atoms with Crippen molar-refractivity contribution in [3.63, 3.8) is 0 Å². The Balaban J connectivity index is 1.22. The van der Waals surface area contributed by atoms with Crippen LogP contribution in [0.1, 0.15) is 42.3 Å². The van der Waals surface area contributed by atoms with Crippen LogP contribution in [-0.4, -0.2) is 16.0 Å². The molecule has 0 radical (unpaired) electrons. The molecule has 2 aromatic heterocycles. The smallest absolute Gasteiger partial charge is 0.293 e. The summed E-state index contributed by atoms with van der Waals surface area (Å²) in [6.45, 7) is 4.37. The van der Waals surface area contributed by atoms with Crippen molar-refractivity contribution in [3.05, 3.63) is 95.2 Å². The highest BCUT2D eigenvalue weighted by Crippen LogP contribution is 2.29. The predicted molar refractivity (Wildman–Crippen MR) is 151 cm³/mol. The number of oxazole rings is 1. The molecule has 0 unspecified atom stereocenters. The average Bonchev–Trinajstić information content (AvgIpc) is 3.56. The van der Waals surface area contributed by atoms with E-state index >= 15 is 0 Å². The summed E-state index contributed by atoms with van der Waals surface area (Å²) in [5.41, 5.74) is 5.22. The van der Waals surface area contributed by atoms with E-state index in [4.69, 9.17) is 32.7 Å². The van der Waals surface area contributed by atoms with E-state index in [2.05, 4.69) is 41.6 Å². The van der Waals surface area contributed by atoms with Gasteiger partial charge in [-0.2, -0.15) is 0 Å². The number of halogens is 1. The molecule has 6 nitrogen and oxygen atoms in total. The Morgan fingerprint density at radius 1 is 0.973 bits per heavy atom. The van der Waals surface area contributed by atoms with Crippen molar-refractivity contribution in [2.45, 2.75) is 26.2 Å². The van der Waals surface area contributed by atoms with Crippen molar-refractivity contribution in [3.8, 4) is 22.8 Å². The number of carbonyl (C=O) groups excluding carboxylic acids is 1. The summed E-state index contributed by atoms with van der Waals surface area (Å²) >= 11 is 11.2. The van der Waals surface area contributed by atoms with E-state index in [1.165, 1.54) is 5.56 Å². The molecule has 0 saturated carbocycles. The quantitative estimate of drug-likeness (QED) is 0.217. The molecule has 0 fully saturated rings. The van der Waals surface area contributed by atoms with Crippen LogP contribution in [-0.2, 0) is 0 Å². The minimum Gasteiger partial charge on any atom is -0.451 e. The van der Waals surface area contributed by atoms with Gasteiger partial charge in [0.2, 0.25) is 5.89 Å². The zero-order chi connectivity index (χ0) is 25.9. The number of rotatable bonds is 6. The highest BCUT2D eigenvalue weighted by atomic mass is 35.5. The Hall–Kier alpha value is -3.94. The number of benzene rings is 3. The molecule has 0 aliphatic rings. The number of carbonyl (C=O) groups is 1. The van der Waals surface area contributed by atoms with Gasteiger partial charge in [-0.25, -0.2) is 4.98 Å². The number of hydrogen-bond acceptors (Lipinski definition) is 5. The molecule has 3 aromatic carbocycles. The monoisotopic (exact) mass is 529 g/mol. The van der Waals surface area contributed by atoms with Gasteiger partial charge < -0.3 is 14.2 Å². The van der Waals surface area contributed by atoms with E-state index in [1.807, 2.05) is 42.5 Å². The Morgan fingerprint density at radius 2 is 1.70 bits per heavy atom. The normalized spacial score (nSPS) is 11.9. The second kappa shape index (κ2) is 10.6. The van der Waals surface area contributed by atoms with Crippen molar-refractivity contribution in [1.29, 1.82) is 0 Å². The van der Waals surface area contributed by atoms with Crippen molar-refractivity contribution in [1.82, 2.24) is 10.3 Å². The molecule has 0 aliphatic carbocycles. The zero-order valence-electron chi connectivity index (χ0n) is 20.2. The third kappa shape index (κ3) is 5.58. The van der Waals surface area contributed by atoms with Gasteiger partial charge in [0.25, 0.3) is 5.91 Å². The summed E-state index contributed by atoms with van der Waals surface area (Å²) < 4.78 is 11.6. The van der Waals surface area contributed by atoms with Crippen molar-refractivity contribution in [2.75, 3.05) is 5.32 Å². The molecule has 2 N–H and O–H groups in total. The van der Waals surface area contributed by atoms with Crippen molar-refractivity contribution in [2.24, 2.45) is 0 Å². The summed E-state index contributed by atoms with van der Waals surface area (Å²) in [4.78, 5) is 17.2. The largest absolute Gasteiger partial charge is 0.451 e. The van der Waals surface area contributed by atoms with Gasteiger partial charge in [-0.05, 0) is 103 Å². The van der Waals surface area contributed by atoms with Crippen molar-refractivity contribution < 1.29 is 13.6 Å². The fraction of sp³-hybridized carbons (Fsp3) is 0.138. The van der Waals surface area contributed by atoms with Crippen LogP contribution in [0.2, 0.25) is 5.02 Å². The molecule has 2 heterocycles. The minimum absolute atomic E-state index is 0.150. The third-order valence-corrected chi connectivity index (χ3v) is 6.62. The average molecular weight is 530 g/mol. The number of hydrogen-bond donors (Lipinski definition) is 2. The molecule has 186 valence electrons. The van der Waals surface area contributed by atoms with E-state index in [9.17, 15) is 4.79 Å². The first-order chi connectivity index (χ1) is 17.9. The van der Waals surface area contributed by atoms with Gasteiger partial charge in [-0.1, -0.05) is 31.5 Å². The molecule has 0 bridgehead atoms. The van der Waals surface area contributed by atoms with Gasteiger partial charge in [0.1, 0.15) is 11.3 Å². The van der Waals surface area contributed by atoms with Crippen LogP contribution in [0.4, 0.5) is 5.69 Å². The molecule has 1 amide bonds. The van der Waals surface area contributed by atoms with E-state index in [0.717, 1.165) is 28.6 Å². The third-order valence-electron chi connectivity index (χ3n) is 6.17. The summed E-state index contributed by atoms with van der Waals surface area (Å²) in [7, 11) is 0. The van der Waals surface area contributed by atoms with Crippen molar-refractivity contribution >= 4 is 51.6 Å². The zero-order valence-corrected chi connectivity index (χ0v) is 21.8. The lowest BCUT2D eigenvalue weighted by molar-refractivity contribution is 0.0951. The molecule has 8 heteroatoms. The lowest BCUT2D eigenvalue weighted by Crippen LogP contribution is -2.33. The number of aromatic nitrogens is 1. The van der Waals surface area contributed by atoms with E-state index in [0.29, 0.717) is 28.3 Å². The summed E-state index contributed by atoms with van der Waals surface area (Å²) in [5, 5.41) is 6.43. The summed E-state index contributed by atoms with van der Waals surface area (Å²) in [6.07, 6.45) is 1.07. The maximum atomic E-state index is 12.6. The van der Waals surface area contributed by atoms with Crippen LogP contribution in [0.5, 0.6) is 0 Å². The van der Waals surface area contributed by atoms with Gasteiger partial charge in [-0.3, -0.25) is 10.1 Å². The van der Waals surface area contributed by atoms with Gasteiger partial charge in [0.15, 0.2) is 16.5 Å².